The lowest BCUT2D eigenvalue weighted by atomic mass is 9.95. The maximum absolute atomic E-state index is 13.1. The molecule has 0 aromatic heterocycles. The predicted octanol–water partition coefficient (Wildman–Crippen LogP) is 4.50. The molecule has 2 fully saturated rings. The second kappa shape index (κ2) is 6.93. The predicted molar refractivity (Wildman–Crippen MR) is 96.4 cm³/mol. The van der Waals surface area contributed by atoms with Crippen LogP contribution in [0.1, 0.15) is 45.4 Å². The van der Waals surface area contributed by atoms with Gasteiger partial charge in [-0.15, -0.1) is 0 Å². The Balaban J connectivity index is 1.78. The Bertz CT molecular complexity index is 638. The summed E-state index contributed by atoms with van der Waals surface area (Å²) in [4.78, 5) is 27.8. The number of para-hydroxylation sites is 1. The number of benzene rings is 1. The van der Waals surface area contributed by atoms with Crippen LogP contribution in [0.15, 0.2) is 18.2 Å². The van der Waals surface area contributed by atoms with Crippen molar-refractivity contribution < 1.29 is 9.59 Å². The van der Waals surface area contributed by atoms with E-state index >= 15 is 0 Å². The third-order valence-electron chi connectivity index (χ3n) is 5.15. The van der Waals surface area contributed by atoms with Gasteiger partial charge in [0.05, 0.1) is 15.7 Å². The molecule has 1 aliphatic heterocycles. The van der Waals surface area contributed by atoms with Crippen molar-refractivity contribution in [3.8, 4) is 0 Å². The first-order valence-electron chi connectivity index (χ1n) is 8.56. The van der Waals surface area contributed by atoms with E-state index in [2.05, 4.69) is 12.2 Å². The topological polar surface area (TPSA) is 49.4 Å². The number of rotatable bonds is 4. The number of hydrogen-bond donors (Lipinski definition) is 1. The zero-order valence-corrected chi connectivity index (χ0v) is 15.3. The molecule has 2 aliphatic rings. The van der Waals surface area contributed by atoms with E-state index in [-0.39, 0.29) is 17.9 Å². The highest BCUT2D eigenvalue weighted by Crippen LogP contribution is 2.49. The maximum Gasteiger partial charge on any atom is 0.240 e. The summed E-state index contributed by atoms with van der Waals surface area (Å²) in [6, 6.07) is 5.31. The second-order valence-electron chi connectivity index (χ2n) is 6.69. The lowest BCUT2D eigenvalue weighted by Crippen LogP contribution is -2.49. The number of likely N-dealkylation sites (tertiary alicyclic amines) is 1. The third-order valence-corrected chi connectivity index (χ3v) is 5.78. The average molecular weight is 369 g/mol. The minimum atomic E-state index is -0.937. The molecule has 1 aromatic carbocycles. The van der Waals surface area contributed by atoms with E-state index in [0.29, 0.717) is 28.6 Å². The number of anilines is 1. The van der Waals surface area contributed by atoms with Crippen LogP contribution in [0.4, 0.5) is 5.69 Å². The van der Waals surface area contributed by atoms with Crippen molar-refractivity contribution in [3.05, 3.63) is 28.2 Å². The van der Waals surface area contributed by atoms with Gasteiger partial charge in [-0.1, -0.05) is 36.2 Å². The average Bonchev–Trinajstić information content (AvgIpc) is 3.39. The molecule has 6 heteroatoms. The van der Waals surface area contributed by atoms with E-state index in [1.165, 1.54) is 0 Å². The van der Waals surface area contributed by atoms with E-state index in [1.54, 1.807) is 18.2 Å². The van der Waals surface area contributed by atoms with Crippen molar-refractivity contribution in [3.63, 3.8) is 0 Å². The van der Waals surface area contributed by atoms with Gasteiger partial charge in [0.1, 0.15) is 5.41 Å². The first kappa shape index (κ1) is 17.6. The number of nitrogens with one attached hydrogen (secondary N) is 1. The van der Waals surface area contributed by atoms with Gasteiger partial charge in [0.25, 0.3) is 0 Å². The van der Waals surface area contributed by atoms with Crippen LogP contribution in [-0.2, 0) is 9.59 Å². The van der Waals surface area contributed by atoms with Gasteiger partial charge in [0.2, 0.25) is 11.8 Å². The molecule has 1 saturated carbocycles. The summed E-state index contributed by atoms with van der Waals surface area (Å²) >= 11 is 12.2. The van der Waals surface area contributed by atoms with Crippen LogP contribution in [0, 0.1) is 5.41 Å². The Hall–Kier alpha value is -1.26. The number of nitrogens with zero attached hydrogens (tertiary/aromatic N) is 1. The van der Waals surface area contributed by atoms with Gasteiger partial charge in [0, 0.05) is 12.6 Å². The summed E-state index contributed by atoms with van der Waals surface area (Å²) in [6.07, 6.45) is 5.29. The number of carbonyl (C=O) groups excluding carboxylic acids is 2. The Labute approximate surface area is 152 Å². The summed E-state index contributed by atoms with van der Waals surface area (Å²) in [5.74, 6) is -0.322. The monoisotopic (exact) mass is 368 g/mol. The fraction of sp³-hybridized carbons (Fsp3) is 0.556. The van der Waals surface area contributed by atoms with Gasteiger partial charge < -0.3 is 10.2 Å². The van der Waals surface area contributed by atoms with E-state index in [1.807, 2.05) is 4.90 Å². The first-order valence-corrected chi connectivity index (χ1v) is 9.31. The molecule has 1 aromatic rings. The summed E-state index contributed by atoms with van der Waals surface area (Å²) in [7, 11) is 0. The molecule has 1 saturated heterocycles. The summed E-state index contributed by atoms with van der Waals surface area (Å²) in [5, 5.41) is 3.54. The Morgan fingerprint density at radius 3 is 2.50 bits per heavy atom. The number of halogens is 2. The lowest BCUT2D eigenvalue weighted by molar-refractivity contribution is -0.145. The van der Waals surface area contributed by atoms with Gasteiger partial charge in [-0.05, 0) is 50.7 Å². The van der Waals surface area contributed by atoms with Crippen molar-refractivity contribution in [2.45, 2.75) is 51.5 Å². The highest BCUT2D eigenvalue weighted by Gasteiger charge is 2.58. The zero-order valence-electron chi connectivity index (χ0n) is 13.8. The normalized spacial score (nSPS) is 22.1. The fourth-order valence-corrected chi connectivity index (χ4v) is 3.97. The van der Waals surface area contributed by atoms with Crippen LogP contribution in [0.25, 0.3) is 0 Å². The number of amides is 2. The van der Waals surface area contributed by atoms with Gasteiger partial charge in [-0.2, -0.15) is 0 Å². The van der Waals surface area contributed by atoms with Crippen molar-refractivity contribution in [2.24, 2.45) is 5.41 Å². The maximum atomic E-state index is 13.1. The lowest BCUT2D eigenvalue weighted by Gasteiger charge is -2.37. The van der Waals surface area contributed by atoms with Gasteiger partial charge in [-0.3, -0.25) is 9.59 Å². The summed E-state index contributed by atoms with van der Waals surface area (Å²) in [5.41, 5.74) is -0.552. The van der Waals surface area contributed by atoms with E-state index < -0.39 is 5.41 Å². The van der Waals surface area contributed by atoms with E-state index in [0.717, 1.165) is 32.2 Å². The molecule has 3 rings (SSSR count). The minimum absolute atomic E-state index is 0.0327. The van der Waals surface area contributed by atoms with E-state index in [9.17, 15) is 9.59 Å². The first-order chi connectivity index (χ1) is 11.5. The van der Waals surface area contributed by atoms with Crippen LogP contribution in [0.5, 0.6) is 0 Å². The second-order valence-corrected chi connectivity index (χ2v) is 7.50. The standard InChI is InChI=1S/C18H22Cl2N2O2/c1-2-12-6-3-4-11-22(12)17(24)18(9-10-18)16(23)21-15-13(19)7-5-8-14(15)20/h5,7-8,12H,2-4,6,9-11H2,1H3,(H,21,23). The number of carbonyl (C=O) groups is 2. The van der Waals surface area contributed by atoms with Gasteiger partial charge in [0.15, 0.2) is 0 Å². The summed E-state index contributed by atoms with van der Waals surface area (Å²) in [6.45, 7) is 2.85. The smallest absolute Gasteiger partial charge is 0.240 e. The Kier molecular flexibility index (Phi) is 5.07. The van der Waals surface area contributed by atoms with Crippen molar-refractivity contribution >= 4 is 40.7 Å². The van der Waals surface area contributed by atoms with Crippen LogP contribution in [0.2, 0.25) is 10.0 Å². The Morgan fingerprint density at radius 2 is 1.92 bits per heavy atom. The number of hydrogen-bond acceptors (Lipinski definition) is 2. The molecule has 1 heterocycles. The Morgan fingerprint density at radius 1 is 1.25 bits per heavy atom. The molecule has 0 radical (unpaired) electrons. The molecule has 4 nitrogen and oxygen atoms in total. The molecule has 1 N–H and O–H groups in total. The zero-order chi connectivity index (χ0) is 17.3. The molecular weight excluding hydrogens is 347 g/mol. The molecule has 0 bridgehead atoms. The highest BCUT2D eigenvalue weighted by atomic mass is 35.5. The molecule has 1 unspecified atom stereocenters. The van der Waals surface area contributed by atoms with Crippen molar-refractivity contribution in [1.82, 2.24) is 4.90 Å². The van der Waals surface area contributed by atoms with Crippen molar-refractivity contribution in [2.75, 3.05) is 11.9 Å². The SMILES string of the molecule is CCC1CCCCN1C(=O)C1(C(=O)Nc2c(Cl)cccc2Cl)CC1. The molecule has 1 atom stereocenters. The molecule has 2 amide bonds. The largest absolute Gasteiger partial charge is 0.339 e. The molecule has 24 heavy (non-hydrogen) atoms. The molecule has 1 aliphatic carbocycles. The van der Waals surface area contributed by atoms with Crippen LogP contribution >= 0.6 is 23.2 Å². The van der Waals surface area contributed by atoms with Crippen molar-refractivity contribution in [1.29, 1.82) is 0 Å². The van der Waals surface area contributed by atoms with Crippen LogP contribution in [-0.4, -0.2) is 29.3 Å². The fourth-order valence-electron chi connectivity index (χ4n) is 3.48. The minimum Gasteiger partial charge on any atom is -0.339 e. The van der Waals surface area contributed by atoms with E-state index in [4.69, 9.17) is 23.2 Å². The van der Waals surface area contributed by atoms with Crippen LogP contribution < -0.4 is 5.32 Å². The third kappa shape index (κ3) is 3.14. The summed E-state index contributed by atoms with van der Waals surface area (Å²) < 4.78 is 0. The molecule has 0 spiro atoms. The van der Waals surface area contributed by atoms with Gasteiger partial charge in [-0.25, -0.2) is 0 Å². The van der Waals surface area contributed by atoms with Gasteiger partial charge >= 0.3 is 0 Å². The van der Waals surface area contributed by atoms with Crippen LogP contribution in [0.3, 0.4) is 0 Å². The molecular formula is C18H22Cl2N2O2. The number of piperidine rings is 1. The quantitative estimate of drug-likeness (QED) is 0.795. The molecule has 130 valence electrons. The highest BCUT2D eigenvalue weighted by molar-refractivity contribution is 6.40.